The van der Waals surface area contributed by atoms with Crippen molar-refractivity contribution in [1.82, 2.24) is 19.6 Å². The molecule has 2 heterocycles. The number of hydrogen-bond donors (Lipinski definition) is 1. The van der Waals surface area contributed by atoms with E-state index in [1.54, 1.807) is 53.3 Å². The lowest BCUT2D eigenvalue weighted by molar-refractivity contribution is 0.100. The average Bonchev–Trinajstić information content (AvgIpc) is 3.39. The van der Waals surface area contributed by atoms with Crippen molar-refractivity contribution in [2.24, 2.45) is 0 Å². The van der Waals surface area contributed by atoms with E-state index in [0.29, 0.717) is 39.4 Å². The molecule has 4 aromatic rings. The molecular weight excluding hydrogens is 444 g/mol. The molecule has 0 saturated carbocycles. The number of carbonyl (C=O) groups excluding carboxylic acids is 1. The molecular formula is C21H16Cl2FN5O2. The van der Waals surface area contributed by atoms with Gasteiger partial charge in [-0.15, -0.1) is 0 Å². The number of carbonyl (C=O) groups is 1. The summed E-state index contributed by atoms with van der Waals surface area (Å²) in [6, 6.07) is 14.3. The zero-order chi connectivity index (χ0) is 21.8. The highest BCUT2D eigenvalue weighted by atomic mass is 35.5. The minimum absolute atomic E-state index is 0.0505. The number of amides is 1. The van der Waals surface area contributed by atoms with Gasteiger partial charge < -0.3 is 10.1 Å². The van der Waals surface area contributed by atoms with Crippen molar-refractivity contribution in [2.45, 2.75) is 13.3 Å². The van der Waals surface area contributed by atoms with E-state index in [2.05, 4.69) is 15.5 Å². The summed E-state index contributed by atoms with van der Waals surface area (Å²) in [5.41, 5.74) is 1.02. The van der Waals surface area contributed by atoms with Gasteiger partial charge in [0.15, 0.2) is 12.5 Å². The Labute approximate surface area is 187 Å². The van der Waals surface area contributed by atoms with Crippen LogP contribution in [0.4, 0.5) is 10.2 Å². The minimum Gasteiger partial charge on any atom is -0.471 e. The van der Waals surface area contributed by atoms with Gasteiger partial charge in [0.25, 0.3) is 5.91 Å². The van der Waals surface area contributed by atoms with Crippen LogP contribution in [-0.4, -0.2) is 25.5 Å². The maximum Gasteiger partial charge on any atom is 0.275 e. The zero-order valence-electron chi connectivity index (χ0n) is 16.0. The Kier molecular flexibility index (Phi) is 6.20. The molecule has 0 bridgehead atoms. The van der Waals surface area contributed by atoms with Crippen molar-refractivity contribution in [1.29, 1.82) is 0 Å². The Bertz CT molecular complexity index is 1210. The molecule has 2 aromatic carbocycles. The van der Waals surface area contributed by atoms with E-state index in [9.17, 15) is 9.18 Å². The largest absolute Gasteiger partial charge is 0.471 e. The summed E-state index contributed by atoms with van der Waals surface area (Å²) < 4.78 is 21.9. The molecule has 0 spiro atoms. The highest BCUT2D eigenvalue weighted by Gasteiger charge is 2.14. The predicted molar refractivity (Wildman–Crippen MR) is 115 cm³/mol. The molecule has 2 aromatic heterocycles. The van der Waals surface area contributed by atoms with Gasteiger partial charge in [0.2, 0.25) is 0 Å². The Morgan fingerprint density at radius 2 is 1.90 bits per heavy atom. The summed E-state index contributed by atoms with van der Waals surface area (Å²) >= 11 is 11.9. The summed E-state index contributed by atoms with van der Waals surface area (Å²) in [7, 11) is 0. The number of anilines is 1. The topological polar surface area (TPSA) is 74.0 Å². The molecule has 0 aliphatic carbocycles. The molecule has 10 heteroatoms. The molecule has 0 aliphatic heterocycles. The summed E-state index contributed by atoms with van der Waals surface area (Å²) in [5, 5.41) is 12.1. The van der Waals surface area contributed by atoms with E-state index in [-0.39, 0.29) is 12.6 Å². The van der Waals surface area contributed by atoms with Crippen LogP contribution in [0.25, 0.3) is 0 Å². The van der Waals surface area contributed by atoms with Crippen LogP contribution in [0, 0.1) is 5.82 Å². The van der Waals surface area contributed by atoms with Crippen molar-refractivity contribution < 1.29 is 13.9 Å². The van der Waals surface area contributed by atoms with E-state index >= 15 is 0 Å². The quantitative estimate of drug-likeness (QED) is 0.428. The van der Waals surface area contributed by atoms with Gasteiger partial charge in [-0.1, -0.05) is 29.3 Å². The average molecular weight is 460 g/mol. The normalized spacial score (nSPS) is 10.8. The third-order valence-corrected chi connectivity index (χ3v) is 4.95. The van der Waals surface area contributed by atoms with Gasteiger partial charge in [-0.25, -0.2) is 9.07 Å². The van der Waals surface area contributed by atoms with Crippen LogP contribution in [0.3, 0.4) is 0 Å². The van der Waals surface area contributed by atoms with Crippen molar-refractivity contribution in [3.63, 3.8) is 0 Å². The SMILES string of the molecule is O=C(Nc1ccn(Cc2ccc(F)cc2Cl)n1)c1ccnn1COc1ccc(Cl)cc1. The molecule has 0 saturated heterocycles. The monoisotopic (exact) mass is 459 g/mol. The summed E-state index contributed by atoms with van der Waals surface area (Å²) in [4.78, 5) is 12.7. The van der Waals surface area contributed by atoms with E-state index < -0.39 is 5.82 Å². The Hall–Kier alpha value is -3.36. The molecule has 0 fully saturated rings. The molecule has 0 radical (unpaired) electrons. The highest BCUT2D eigenvalue weighted by molar-refractivity contribution is 6.31. The lowest BCUT2D eigenvalue weighted by Crippen LogP contribution is -2.20. The van der Waals surface area contributed by atoms with Crippen LogP contribution in [0.1, 0.15) is 16.1 Å². The molecule has 0 atom stereocenters. The fourth-order valence-electron chi connectivity index (χ4n) is 2.82. The van der Waals surface area contributed by atoms with Crippen LogP contribution in [0.2, 0.25) is 10.0 Å². The number of ether oxygens (including phenoxy) is 1. The summed E-state index contributed by atoms with van der Waals surface area (Å²) in [6.07, 6.45) is 3.20. The van der Waals surface area contributed by atoms with E-state index in [1.807, 2.05) is 0 Å². The minimum atomic E-state index is -0.404. The summed E-state index contributed by atoms with van der Waals surface area (Å²) in [5.74, 6) is 0.167. The second kappa shape index (κ2) is 9.20. The standard InChI is InChI=1S/C21H16Cl2FN5O2/c22-15-2-5-17(6-3-15)31-13-29-19(7-9-25-29)21(30)26-20-8-10-28(27-20)12-14-1-4-16(24)11-18(14)23/h1-11H,12-13H2,(H,26,27,30). The highest BCUT2D eigenvalue weighted by Crippen LogP contribution is 2.19. The van der Waals surface area contributed by atoms with Crippen molar-refractivity contribution in [2.75, 3.05) is 5.32 Å². The fraction of sp³-hybridized carbons (Fsp3) is 0.0952. The maximum absolute atomic E-state index is 13.2. The fourth-order valence-corrected chi connectivity index (χ4v) is 3.17. The molecule has 158 valence electrons. The third kappa shape index (κ3) is 5.22. The van der Waals surface area contributed by atoms with Crippen LogP contribution in [-0.2, 0) is 13.3 Å². The van der Waals surface area contributed by atoms with E-state index in [4.69, 9.17) is 27.9 Å². The molecule has 4 rings (SSSR count). The first-order chi connectivity index (χ1) is 15.0. The summed E-state index contributed by atoms with van der Waals surface area (Å²) in [6.45, 7) is 0.386. The molecule has 31 heavy (non-hydrogen) atoms. The number of halogens is 3. The smallest absolute Gasteiger partial charge is 0.275 e. The lowest BCUT2D eigenvalue weighted by Gasteiger charge is -2.09. The van der Waals surface area contributed by atoms with Gasteiger partial charge in [-0.2, -0.15) is 10.2 Å². The maximum atomic E-state index is 13.2. The number of nitrogens with zero attached hydrogens (tertiary/aromatic N) is 4. The Morgan fingerprint density at radius 1 is 1.10 bits per heavy atom. The Morgan fingerprint density at radius 3 is 2.68 bits per heavy atom. The van der Waals surface area contributed by atoms with Gasteiger partial charge >= 0.3 is 0 Å². The number of hydrogen-bond acceptors (Lipinski definition) is 4. The first-order valence-electron chi connectivity index (χ1n) is 9.17. The van der Waals surface area contributed by atoms with E-state index in [1.165, 1.54) is 23.0 Å². The molecule has 0 aliphatic rings. The van der Waals surface area contributed by atoms with Crippen LogP contribution in [0.15, 0.2) is 67.0 Å². The Balaban J connectivity index is 1.39. The van der Waals surface area contributed by atoms with Gasteiger partial charge in [0.1, 0.15) is 17.3 Å². The molecule has 1 amide bonds. The lowest BCUT2D eigenvalue weighted by atomic mass is 10.2. The third-order valence-electron chi connectivity index (χ3n) is 4.35. The van der Waals surface area contributed by atoms with Gasteiger partial charge in [0, 0.05) is 28.5 Å². The number of benzene rings is 2. The van der Waals surface area contributed by atoms with Gasteiger partial charge in [0.05, 0.1) is 6.54 Å². The molecule has 1 N–H and O–H groups in total. The number of rotatable bonds is 7. The predicted octanol–water partition coefficient (Wildman–Crippen LogP) is 4.86. The van der Waals surface area contributed by atoms with Crippen molar-refractivity contribution in [3.8, 4) is 5.75 Å². The second-order valence-corrected chi connectivity index (χ2v) is 7.38. The van der Waals surface area contributed by atoms with Crippen LogP contribution in [0.5, 0.6) is 5.75 Å². The molecule has 7 nitrogen and oxygen atoms in total. The second-order valence-electron chi connectivity index (χ2n) is 6.53. The van der Waals surface area contributed by atoms with Crippen molar-refractivity contribution in [3.05, 3.63) is 94.1 Å². The first kappa shape index (κ1) is 20.9. The van der Waals surface area contributed by atoms with Crippen LogP contribution < -0.4 is 10.1 Å². The van der Waals surface area contributed by atoms with Gasteiger partial charge in [-0.05, 0) is 48.0 Å². The van der Waals surface area contributed by atoms with E-state index in [0.717, 1.165) is 0 Å². The van der Waals surface area contributed by atoms with Gasteiger partial charge in [-0.3, -0.25) is 9.48 Å². The van der Waals surface area contributed by atoms with Crippen LogP contribution >= 0.6 is 23.2 Å². The van der Waals surface area contributed by atoms with Crippen molar-refractivity contribution >= 4 is 34.9 Å². The number of nitrogens with one attached hydrogen (secondary N) is 1. The zero-order valence-corrected chi connectivity index (χ0v) is 17.5. The first-order valence-corrected chi connectivity index (χ1v) is 9.92. The number of aromatic nitrogens is 4. The molecule has 0 unspecified atom stereocenters.